The minimum absolute atomic E-state index is 0.503. The number of nitrogens with zero attached hydrogens (tertiary/aromatic N) is 2. The molecule has 0 aliphatic rings. The Hall–Kier alpha value is -3.12. The SMILES string of the molecule is [C-]#[N+]c1cc(CC(C)C)c2oc3cc(C)c(-c4cccc[n+]4C)cc3c2c1. The summed E-state index contributed by atoms with van der Waals surface area (Å²) in [6, 6.07) is 14.5. The smallest absolute Gasteiger partial charge is 0.212 e. The highest BCUT2D eigenvalue weighted by atomic mass is 16.3. The first kappa shape index (κ1) is 17.3. The molecule has 0 aliphatic heterocycles. The fourth-order valence-electron chi connectivity index (χ4n) is 3.81. The van der Waals surface area contributed by atoms with E-state index in [9.17, 15) is 0 Å². The third kappa shape index (κ3) is 2.98. The van der Waals surface area contributed by atoms with Gasteiger partial charge in [0.05, 0.1) is 6.57 Å². The zero-order valence-corrected chi connectivity index (χ0v) is 16.2. The zero-order chi connectivity index (χ0) is 19.1. The largest absolute Gasteiger partial charge is 0.456 e. The molecule has 0 saturated carbocycles. The Morgan fingerprint density at radius 3 is 2.63 bits per heavy atom. The van der Waals surface area contributed by atoms with Gasteiger partial charge in [-0.25, -0.2) is 9.41 Å². The van der Waals surface area contributed by atoms with Gasteiger partial charge < -0.3 is 4.42 Å². The van der Waals surface area contributed by atoms with Crippen LogP contribution < -0.4 is 4.57 Å². The summed E-state index contributed by atoms with van der Waals surface area (Å²) in [5.74, 6) is 0.503. The van der Waals surface area contributed by atoms with Crippen LogP contribution >= 0.6 is 0 Å². The van der Waals surface area contributed by atoms with Gasteiger partial charge in [-0.2, -0.15) is 0 Å². The molecule has 3 heteroatoms. The second kappa shape index (κ2) is 6.55. The van der Waals surface area contributed by atoms with E-state index in [4.69, 9.17) is 11.0 Å². The standard InChI is InChI=1S/C24H23N2O/c1-15(2)10-17-12-18(25-4)13-21-20-14-19(22-8-6-7-9-26(22)5)16(3)11-23(20)27-24(17)21/h6-9,11-15H,10H2,1-3,5H3/q+1. The molecule has 0 saturated heterocycles. The van der Waals surface area contributed by atoms with Crippen molar-refractivity contribution in [2.24, 2.45) is 13.0 Å². The highest BCUT2D eigenvalue weighted by Gasteiger charge is 2.18. The van der Waals surface area contributed by atoms with Crippen molar-refractivity contribution < 1.29 is 8.98 Å². The lowest BCUT2D eigenvalue weighted by Gasteiger charge is -2.06. The summed E-state index contributed by atoms with van der Waals surface area (Å²) >= 11 is 0. The molecule has 0 bridgehead atoms. The molecule has 0 fully saturated rings. The summed E-state index contributed by atoms with van der Waals surface area (Å²) in [6.45, 7) is 14.0. The quantitative estimate of drug-likeness (QED) is 0.320. The van der Waals surface area contributed by atoms with Crippen molar-refractivity contribution in [1.29, 1.82) is 0 Å². The van der Waals surface area contributed by atoms with Crippen molar-refractivity contribution in [3.8, 4) is 11.3 Å². The molecule has 0 atom stereocenters. The molecule has 0 N–H and O–H groups in total. The molecule has 134 valence electrons. The van der Waals surface area contributed by atoms with Gasteiger partial charge in [0.1, 0.15) is 18.2 Å². The average Bonchev–Trinajstić information content (AvgIpc) is 2.98. The lowest BCUT2D eigenvalue weighted by atomic mass is 9.98. The molecule has 2 aromatic heterocycles. The van der Waals surface area contributed by atoms with Crippen LogP contribution in [0.15, 0.2) is 53.1 Å². The number of rotatable bonds is 3. The second-order valence-electron chi connectivity index (χ2n) is 7.65. The van der Waals surface area contributed by atoms with E-state index in [-0.39, 0.29) is 0 Å². The molecular weight excluding hydrogens is 332 g/mol. The predicted octanol–water partition coefficient (Wildman–Crippen LogP) is 6.14. The van der Waals surface area contributed by atoms with Crippen LogP contribution in [0.3, 0.4) is 0 Å². The predicted molar refractivity (Wildman–Crippen MR) is 110 cm³/mol. The average molecular weight is 355 g/mol. The fourth-order valence-corrected chi connectivity index (χ4v) is 3.81. The molecule has 0 unspecified atom stereocenters. The Morgan fingerprint density at radius 1 is 1.11 bits per heavy atom. The van der Waals surface area contributed by atoms with Crippen LogP contribution in [0.2, 0.25) is 0 Å². The maximum Gasteiger partial charge on any atom is 0.212 e. The van der Waals surface area contributed by atoms with Gasteiger partial charge in [-0.3, -0.25) is 0 Å². The third-order valence-corrected chi connectivity index (χ3v) is 5.07. The highest BCUT2D eigenvalue weighted by molar-refractivity contribution is 6.08. The number of pyridine rings is 1. The van der Waals surface area contributed by atoms with E-state index in [1.807, 2.05) is 18.2 Å². The van der Waals surface area contributed by atoms with Crippen LogP contribution in [-0.2, 0) is 13.5 Å². The third-order valence-electron chi connectivity index (χ3n) is 5.07. The van der Waals surface area contributed by atoms with Crippen LogP contribution in [0.5, 0.6) is 0 Å². The summed E-state index contributed by atoms with van der Waals surface area (Å²) < 4.78 is 8.41. The molecule has 2 aromatic carbocycles. The summed E-state index contributed by atoms with van der Waals surface area (Å²) in [4.78, 5) is 3.69. The molecular formula is C24H23N2O+. The van der Waals surface area contributed by atoms with Crippen molar-refractivity contribution in [3.63, 3.8) is 0 Å². The number of aryl methyl sites for hydroxylation is 2. The lowest BCUT2D eigenvalue weighted by molar-refractivity contribution is -0.660. The number of aromatic nitrogens is 1. The zero-order valence-electron chi connectivity index (χ0n) is 16.2. The second-order valence-corrected chi connectivity index (χ2v) is 7.65. The molecule has 4 aromatic rings. The van der Waals surface area contributed by atoms with Gasteiger partial charge in [0.25, 0.3) is 0 Å². The van der Waals surface area contributed by atoms with Crippen LogP contribution in [0, 0.1) is 19.4 Å². The molecule has 0 amide bonds. The molecule has 2 heterocycles. The Kier molecular flexibility index (Phi) is 4.20. The first-order valence-corrected chi connectivity index (χ1v) is 9.30. The number of hydrogen-bond acceptors (Lipinski definition) is 1. The van der Waals surface area contributed by atoms with Crippen molar-refractivity contribution in [3.05, 3.63) is 71.2 Å². The van der Waals surface area contributed by atoms with Gasteiger partial charge in [0.15, 0.2) is 11.9 Å². The van der Waals surface area contributed by atoms with Gasteiger partial charge in [-0.05, 0) is 60.7 Å². The van der Waals surface area contributed by atoms with Crippen LogP contribution in [-0.4, -0.2) is 0 Å². The van der Waals surface area contributed by atoms with Crippen LogP contribution in [0.1, 0.15) is 25.0 Å². The van der Waals surface area contributed by atoms with E-state index in [1.54, 1.807) is 0 Å². The van der Waals surface area contributed by atoms with Gasteiger partial charge in [0.2, 0.25) is 5.69 Å². The number of furan rings is 1. The van der Waals surface area contributed by atoms with Gasteiger partial charge >= 0.3 is 0 Å². The maximum absolute atomic E-state index is 7.49. The van der Waals surface area contributed by atoms with Crippen LogP contribution in [0.25, 0.3) is 38.0 Å². The Bertz CT molecular complexity index is 1210. The van der Waals surface area contributed by atoms with E-state index in [2.05, 4.69) is 67.7 Å². The van der Waals surface area contributed by atoms with E-state index < -0.39 is 0 Å². The summed E-state index contributed by atoms with van der Waals surface area (Å²) in [5.41, 5.74) is 7.13. The van der Waals surface area contributed by atoms with Crippen molar-refractivity contribution in [1.82, 2.24) is 0 Å². The molecule has 0 radical (unpaired) electrons. The summed E-state index contributed by atoms with van der Waals surface area (Å²) in [7, 11) is 2.06. The molecule has 0 spiro atoms. The highest BCUT2D eigenvalue weighted by Crippen LogP contribution is 2.38. The minimum Gasteiger partial charge on any atom is -0.456 e. The van der Waals surface area contributed by atoms with Gasteiger partial charge in [0, 0.05) is 28.5 Å². The number of hydrogen-bond donors (Lipinski definition) is 0. The Morgan fingerprint density at radius 2 is 1.93 bits per heavy atom. The Labute approximate surface area is 159 Å². The molecule has 0 aliphatic carbocycles. The first-order valence-electron chi connectivity index (χ1n) is 9.30. The van der Waals surface area contributed by atoms with E-state index >= 15 is 0 Å². The van der Waals surface area contributed by atoms with E-state index in [1.165, 1.54) is 11.1 Å². The van der Waals surface area contributed by atoms with Crippen molar-refractivity contribution in [2.75, 3.05) is 0 Å². The van der Waals surface area contributed by atoms with Crippen molar-refractivity contribution in [2.45, 2.75) is 27.2 Å². The molecule has 4 rings (SSSR count). The molecule has 27 heavy (non-hydrogen) atoms. The maximum atomic E-state index is 7.49. The topological polar surface area (TPSA) is 21.4 Å². The lowest BCUT2D eigenvalue weighted by Crippen LogP contribution is -2.30. The van der Waals surface area contributed by atoms with E-state index in [0.29, 0.717) is 11.6 Å². The fraction of sp³-hybridized carbons (Fsp3) is 0.250. The van der Waals surface area contributed by atoms with Gasteiger partial charge in [-0.1, -0.05) is 13.8 Å². The molecule has 3 nitrogen and oxygen atoms in total. The number of benzene rings is 2. The van der Waals surface area contributed by atoms with E-state index in [0.717, 1.165) is 39.6 Å². The van der Waals surface area contributed by atoms with Crippen molar-refractivity contribution >= 4 is 27.6 Å². The summed E-state index contributed by atoms with van der Waals surface area (Å²) in [5, 5.41) is 2.11. The van der Waals surface area contributed by atoms with Crippen LogP contribution in [0.4, 0.5) is 5.69 Å². The Balaban J connectivity index is 2.04. The minimum atomic E-state index is 0.503. The van der Waals surface area contributed by atoms with Gasteiger partial charge in [-0.15, -0.1) is 0 Å². The first-order chi connectivity index (χ1) is 13.0. The number of fused-ring (bicyclic) bond motifs is 3. The normalized spacial score (nSPS) is 11.4. The monoisotopic (exact) mass is 355 g/mol. The summed E-state index contributed by atoms with van der Waals surface area (Å²) in [6.07, 6.45) is 2.96.